The highest BCUT2D eigenvalue weighted by Crippen LogP contribution is 2.29. The predicted octanol–water partition coefficient (Wildman–Crippen LogP) is 2.90. The van der Waals surface area contributed by atoms with Crippen LogP contribution >= 0.6 is 0 Å². The molecule has 1 saturated heterocycles. The lowest BCUT2D eigenvalue weighted by Crippen LogP contribution is -2.40. The van der Waals surface area contributed by atoms with E-state index in [1.165, 1.54) is 19.3 Å². The van der Waals surface area contributed by atoms with Gasteiger partial charge in [0.2, 0.25) is 0 Å². The molecule has 0 aliphatic carbocycles. The molecule has 0 bridgehead atoms. The van der Waals surface area contributed by atoms with Crippen molar-refractivity contribution in [3.05, 3.63) is 41.6 Å². The molecule has 27 heavy (non-hydrogen) atoms. The molecule has 4 heterocycles. The van der Waals surface area contributed by atoms with Gasteiger partial charge in [0.05, 0.1) is 5.52 Å². The number of hydrogen-bond acceptors (Lipinski definition) is 4. The molecule has 0 unspecified atom stereocenters. The minimum absolute atomic E-state index is 0.00718. The summed E-state index contributed by atoms with van der Waals surface area (Å²) in [6.45, 7) is 2.47. The normalized spacial score (nSPS) is 20.4. The Bertz CT molecular complexity index is 974. The molecule has 1 aromatic carbocycles. The smallest absolute Gasteiger partial charge is 0.275 e. The Morgan fingerprint density at radius 3 is 2.96 bits per heavy atom. The van der Waals surface area contributed by atoms with Crippen molar-refractivity contribution >= 4 is 16.8 Å². The first kappa shape index (κ1) is 16.5. The van der Waals surface area contributed by atoms with E-state index in [0.29, 0.717) is 12.2 Å². The molecule has 140 valence electrons. The summed E-state index contributed by atoms with van der Waals surface area (Å²) >= 11 is 0. The summed E-state index contributed by atoms with van der Waals surface area (Å²) in [5.74, 6) is 2.44. The highest BCUT2D eigenvalue weighted by atomic mass is 16.2. The molecule has 1 amide bonds. The second kappa shape index (κ2) is 6.79. The van der Waals surface area contributed by atoms with Crippen LogP contribution in [0, 0.1) is 0 Å². The molecule has 1 atom stereocenters. The molecule has 2 aliphatic rings. The van der Waals surface area contributed by atoms with Crippen molar-refractivity contribution < 1.29 is 4.79 Å². The van der Waals surface area contributed by atoms with Crippen molar-refractivity contribution in [2.45, 2.75) is 51.0 Å². The Morgan fingerprint density at radius 1 is 1.07 bits per heavy atom. The zero-order chi connectivity index (χ0) is 18.2. The van der Waals surface area contributed by atoms with Gasteiger partial charge in [-0.15, -0.1) is 10.2 Å². The number of carbonyl (C=O) groups excluding carboxylic acids is 1. The molecule has 1 N–H and O–H groups in total. The summed E-state index contributed by atoms with van der Waals surface area (Å²) in [7, 11) is 0. The minimum Gasteiger partial charge on any atom is -0.337 e. The number of likely N-dealkylation sites (tertiary alicyclic amines) is 1. The van der Waals surface area contributed by atoms with Crippen LogP contribution in [0.2, 0.25) is 0 Å². The van der Waals surface area contributed by atoms with Gasteiger partial charge in [0.15, 0.2) is 5.69 Å². The first-order chi connectivity index (χ1) is 13.3. The van der Waals surface area contributed by atoms with E-state index in [1.54, 1.807) is 0 Å². The average molecular weight is 364 g/mol. The maximum Gasteiger partial charge on any atom is 0.275 e. The molecule has 7 heteroatoms. The number of aromatic nitrogens is 5. The van der Waals surface area contributed by atoms with Crippen molar-refractivity contribution in [3.8, 4) is 0 Å². The number of nitrogens with one attached hydrogen (secondary N) is 1. The molecule has 2 aromatic heterocycles. The highest BCUT2D eigenvalue weighted by Gasteiger charge is 2.31. The van der Waals surface area contributed by atoms with Gasteiger partial charge in [0.25, 0.3) is 5.91 Å². The van der Waals surface area contributed by atoms with Gasteiger partial charge in [-0.1, -0.05) is 24.6 Å². The fourth-order valence-corrected chi connectivity index (χ4v) is 4.46. The first-order valence-electron chi connectivity index (χ1n) is 9.95. The van der Waals surface area contributed by atoms with Crippen LogP contribution in [0.15, 0.2) is 24.3 Å². The average Bonchev–Trinajstić information content (AvgIpc) is 3.25. The second-order valence-corrected chi connectivity index (χ2v) is 7.64. The second-order valence-electron chi connectivity index (χ2n) is 7.64. The largest absolute Gasteiger partial charge is 0.337 e. The van der Waals surface area contributed by atoms with Crippen LogP contribution in [0.4, 0.5) is 0 Å². The van der Waals surface area contributed by atoms with Gasteiger partial charge >= 0.3 is 0 Å². The Balaban J connectivity index is 1.40. The Kier molecular flexibility index (Phi) is 4.14. The number of piperidine rings is 1. The number of aryl methyl sites for hydroxylation is 1. The molecule has 3 aromatic rings. The molecule has 0 saturated carbocycles. The lowest BCUT2D eigenvalue weighted by Gasteiger charge is -2.32. The number of aromatic amines is 1. The Hall–Kier alpha value is -2.70. The number of amides is 1. The lowest BCUT2D eigenvalue weighted by molar-refractivity contribution is 0.0699. The van der Waals surface area contributed by atoms with E-state index in [0.717, 1.165) is 54.9 Å². The molecule has 0 radical (unpaired) electrons. The summed E-state index contributed by atoms with van der Waals surface area (Å²) < 4.78 is 2.32. The van der Waals surface area contributed by atoms with Crippen molar-refractivity contribution in [3.63, 3.8) is 0 Å². The van der Waals surface area contributed by atoms with Gasteiger partial charge < -0.3 is 9.47 Å². The SMILES string of the molecule is O=C(c1n[nH]c2ccccc12)N1CCC[C@H](c2nnc3n2CCCCC3)C1. The third-order valence-corrected chi connectivity index (χ3v) is 5.88. The zero-order valence-electron chi connectivity index (χ0n) is 15.4. The van der Waals surface area contributed by atoms with Crippen LogP contribution in [-0.2, 0) is 13.0 Å². The molecular formula is C20H24N6O. The Morgan fingerprint density at radius 2 is 2.00 bits per heavy atom. The number of rotatable bonds is 2. The summed E-state index contributed by atoms with van der Waals surface area (Å²) in [6, 6.07) is 7.79. The van der Waals surface area contributed by atoms with Gasteiger partial charge in [0.1, 0.15) is 11.6 Å². The van der Waals surface area contributed by atoms with Crippen LogP contribution in [0.25, 0.3) is 10.9 Å². The van der Waals surface area contributed by atoms with Crippen LogP contribution in [0.5, 0.6) is 0 Å². The molecular weight excluding hydrogens is 340 g/mol. The summed E-state index contributed by atoms with van der Waals surface area (Å²) in [5.41, 5.74) is 1.42. The molecule has 2 aliphatic heterocycles. The van der Waals surface area contributed by atoms with Crippen molar-refractivity contribution in [2.24, 2.45) is 0 Å². The molecule has 7 nitrogen and oxygen atoms in total. The van der Waals surface area contributed by atoms with Gasteiger partial charge in [-0.25, -0.2) is 0 Å². The molecule has 5 rings (SSSR count). The third-order valence-electron chi connectivity index (χ3n) is 5.88. The first-order valence-corrected chi connectivity index (χ1v) is 9.95. The number of H-pyrrole nitrogens is 1. The van der Waals surface area contributed by atoms with Gasteiger partial charge in [-0.05, 0) is 31.7 Å². The van der Waals surface area contributed by atoms with Gasteiger partial charge in [-0.3, -0.25) is 9.89 Å². The van der Waals surface area contributed by atoms with Crippen molar-refractivity contribution in [1.82, 2.24) is 29.9 Å². The van der Waals surface area contributed by atoms with Gasteiger partial charge in [0, 0.05) is 37.4 Å². The van der Waals surface area contributed by atoms with E-state index < -0.39 is 0 Å². The van der Waals surface area contributed by atoms with Gasteiger partial charge in [-0.2, -0.15) is 5.10 Å². The summed E-state index contributed by atoms with van der Waals surface area (Å²) in [5, 5.41) is 17.1. The van der Waals surface area contributed by atoms with E-state index in [4.69, 9.17) is 0 Å². The minimum atomic E-state index is 0.00718. The molecule has 1 fully saturated rings. The van der Waals surface area contributed by atoms with Crippen LogP contribution < -0.4 is 0 Å². The number of benzene rings is 1. The fraction of sp³-hybridized carbons (Fsp3) is 0.500. The van der Waals surface area contributed by atoms with E-state index in [-0.39, 0.29) is 11.8 Å². The van der Waals surface area contributed by atoms with E-state index in [1.807, 2.05) is 29.2 Å². The van der Waals surface area contributed by atoms with E-state index >= 15 is 0 Å². The standard InChI is InChI=1S/C20H24N6O/c27-20(18-15-8-3-4-9-16(15)21-23-18)25-11-6-7-14(13-25)19-24-22-17-10-2-1-5-12-26(17)19/h3-4,8-9,14H,1-2,5-7,10-13H2,(H,21,23)/t14-/m0/s1. The topological polar surface area (TPSA) is 79.7 Å². The fourth-order valence-electron chi connectivity index (χ4n) is 4.46. The van der Waals surface area contributed by atoms with Crippen LogP contribution in [0.1, 0.15) is 60.2 Å². The van der Waals surface area contributed by atoms with Crippen molar-refractivity contribution in [2.75, 3.05) is 13.1 Å². The number of hydrogen-bond donors (Lipinski definition) is 1. The number of para-hydroxylation sites is 1. The summed E-state index contributed by atoms with van der Waals surface area (Å²) in [6.07, 6.45) is 6.70. The lowest BCUT2D eigenvalue weighted by atomic mass is 9.96. The number of nitrogens with zero attached hydrogens (tertiary/aromatic N) is 5. The van der Waals surface area contributed by atoms with Crippen molar-refractivity contribution in [1.29, 1.82) is 0 Å². The van der Waals surface area contributed by atoms with Crippen LogP contribution in [0.3, 0.4) is 0 Å². The highest BCUT2D eigenvalue weighted by molar-refractivity contribution is 6.04. The maximum absolute atomic E-state index is 13.1. The monoisotopic (exact) mass is 364 g/mol. The quantitative estimate of drug-likeness (QED) is 0.758. The third kappa shape index (κ3) is 2.91. The number of fused-ring (bicyclic) bond motifs is 2. The maximum atomic E-state index is 13.1. The summed E-state index contributed by atoms with van der Waals surface area (Å²) in [4.78, 5) is 15.1. The zero-order valence-corrected chi connectivity index (χ0v) is 15.4. The van der Waals surface area contributed by atoms with E-state index in [9.17, 15) is 4.79 Å². The Labute approximate surface area is 157 Å². The predicted molar refractivity (Wildman–Crippen MR) is 102 cm³/mol. The number of carbonyl (C=O) groups is 1. The van der Waals surface area contributed by atoms with E-state index in [2.05, 4.69) is 25.0 Å². The molecule has 0 spiro atoms. The van der Waals surface area contributed by atoms with Crippen LogP contribution in [-0.4, -0.2) is 48.9 Å².